The summed E-state index contributed by atoms with van der Waals surface area (Å²) >= 11 is 0. The molecule has 0 spiro atoms. The van der Waals surface area contributed by atoms with Crippen LogP contribution >= 0.6 is 0 Å². The Morgan fingerprint density at radius 3 is 2.71 bits per heavy atom. The van der Waals surface area contributed by atoms with Gasteiger partial charge >= 0.3 is 0 Å². The molecule has 94 valence electrons. The molecule has 0 aromatic heterocycles. The van der Waals surface area contributed by atoms with Crippen LogP contribution in [0.3, 0.4) is 0 Å². The molecule has 0 radical (unpaired) electrons. The molecule has 0 bridgehead atoms. The second-order valence-electron chi connectivity index (χ2n) is 3.74. The summed E-state index contributed by atoms with van der Waals surface area (Å²) in [5, 5.41) is 9.53. The highest BCUT2D eigenvalue weighted by molar-refractivity contribution is 5.96. The minimum Gasteiger partial charge on any atom is -0.507 e. The minimum atomic E-state index is -0.570. The Morgan fingerprint density at radius 2 is 2.18 bits per heavy atom. The third kappa shape index (κ3) is 3.42. The average molecular weight is 240 g/mol. The van der Waals surface area contributed by atoms with E-state index < -0.39 is 5.82 Å². The maximum atomic E-state index is 12.8. The Bertz CT molecular complexity index is 390. The second-order valence-corrected chi connectivity index (χ2v) is 3.74. The molecule has 0 saturated carbocycles. The zero-order valence-electron chi connectivity index (χ0n) is 9.82. The van der Waals surface area contributed by atoms with Crippen LogP contribution in [-0.4, -0.2) is 35.5 Å². The van der Waals surface area contributed by atoms with Gasteiger partial charge in [-0.1, -0.05) is 6.92 Å². The highest BCUT2D eigenvalue weighted by atomic mass is 19.1. The number of phenols is 1. The van der Waals surface area contributed by atoms with Gasteiger partial charge in [-0.25, -0.2) is 4.39 Å². The molecule has 0 unspecified atom stereocenters. The lowest BCUT2D eigenvalue weighted by Gasteiger charge is -2.21. The standard InChI is InChI=1S/C12H17FN2O2/c1-2-6-15(7-5-14)12(17)10-4-3-9(13)8-11(10)16/h3-4,8,16H,2,5-7,14H2,1H3. The first-order chi connectivity index (χ1) is 8.10. The normalized spacial score (nSPS) is 10.3. The number of amides is 1. The van der Waals surface area contributed by atoms with Crippen LogP contribution in [-0.2, 0) is 0 Å². The van der Waals surface area contributed by atoms with Crippen molar-refractivity contribution in [2.24, 2.45) is 5.73 Å². The van der Waals surface area contributed by atoms with Gasteiger partial charge in [-0.3, -0.25) is 4.79 Å². The van der Waals surface area contributed by atoms with Crippen LogP contribution in [0.15, 0.2) is 18.2 Å². The van der Waals surface area contributed by atoms with Crippen LogP contribution in [0, 0.1) is 5.82 Å². The van der Waals surface area contributed by atoms with Gasteiger partial charge in [0.1, 0.15) is 11.6 Å². The van der Waals surface area contributed by atoms with Gasteiger partial charge in [0.15, 0.2) is 0 Å². The third-order valence-electron chi connectivity index (χ3n) is 2.37. The van der Waals surface area contributed by atoms with Gasteiger partial charge in [-0.05, 0) is 18.6 Å². The molecule has 1 aromatic rings. The first kappa shape index (κ1) is 13.4. The molecule has 1 rings (SSSR count). The Morgan fingerprint density at radius 1 is 1.47 bits per heavy atom. The van der Waals surface area contributed by atoms with Crippen molar-refractivity contribution < 1.29 is 14.3 Å². The van der Waals surface area contributed by atoms with E-state index in [4.69, 9.17) is 5.73 Å². The largest absolute Gasteiger partial charge is 0.507 e. The summed E-state index contributed by atoms with van der Waals surface area (Å²) in [4.78, 5) is 13.6. The van der Waals surface area contributed by atoms with Crippen molar-refractivity contribution in [2.75, 3.05) is 19.6 Å². The lowest BCUT2D eigenvalue weighted by atomic mass is 10.1. The van der Waals surface area contributed by atoms with Crippen LogP contribution in [0.4, 0.5) is 4.39 Å². The van der Waals surface area contributed by atoms with E-state index in [1.165, 1.54) is 6.07 Å². The first-order valence-corrected chi connectivity index (χ1v) is 5.58. The van der Waals surface area contributed by atoms with Crippen molar-refractivity contribution in [2.45, 2.75) is 13.3 Å². The van der Waals surface area contributed by atoms with Crippen LogP contribution in [0.2, 0.25) is 0 Å². The molecule has 0 atom stereocenters. The summed E-state index contributed by atoms with van der Waals surface area (Å²) in [7, 11) is 0. The van der Waals surface area contributed by atoms with E-state index in [1.807, 2.05) is 6.92 Å². The Kier molecular flexibility index (Phi) is 4.90. The van der Waals surface area contributed by atoms with Crippen molar-refractivity contribution in [1.82, 2.24) is 4.90 Å². The highest BCUT2D eigenvalue weighted by Crippen LogP contribution is 2.19. The number of carbonyl (C=O) groups is 1. The summed E-state index contributed by atoms with van der Waals surface area (Å²) in [6, 6.07) is 3.37. The summed E-state index contributed by atoms with van der Waals surface area (Å²) < 4.78 is 12.8. The number of nitrogens with zero attached hydrogens (tertiary/aromatic N) is 1. The smallest absolute Gasteiger partial charge is 0.257 e. The van der Waals surface area contributed by atoms with Gasteiger partial charge in [0, 0.05) is 25.7 Å². The number of phenolic OH excluding ortho intramolecular Hbond substituents is 1. The molecule has 5 heteroatoms. The number of hydrogen-bond donors (Lipinski definition) is 2. The van der Waals surface area contributed by atoms with Crippen molar-refractivity contribution in [3.05, 3.63) is 29.6 Å². The van der Waals surface area contributed by atoms with Crippen molar-refractivity contribution >= 4 is 5.91 Å². The maximum Gasteiger partial charge on any atom is 0.257 e. The second kappa shape index (κ2) is 6.20. The fourth-order valence-electron chi connectivity index (χ4n) is 1.60. The van der Waals surface area contributed by atoms with Crippen molar-refractivity contribution in [1.29, 1.82) is 0 Å². The van der Waals surface area contributed by atoms with E-state index in [-0.39, 0.29) is 17.2 Å². The monoisotopic (exact) mass is 240 g/mol. The van der Waals surface area contributed by atoms with Crippen molar-refractivity contribution in [3.8, 4) is 5.75 Å². The van der Waals surface area contributed by atoms with Crippen LogP contribution < -0.4 is 5.73 Å². The summed E-state index contributed by atoms with van der Waals surface area (Å²) in [6.07, 6.45) is 0.799. The molecule has 3 N–H and O–H groups in total. The number of carbonyl (C=O) groups excluding carboxylic acids is 1. The van der Waals surface area contributed by atoms with Crippen LogP contribution in [0.1, 0.15) is 23.7 Å². The molecule has 17 heavy (non-hydrogen) atoms. The minimum absolute atomic E-state index is 0.105. The summed E-state index contributed by atoms with van der Waals surface area (Å²) in [6.45, 7) is 3.28. The molecular formula is C12H17FN2O2. The van der Waals surface area contributed by atoms with Gasteiger partial charge in [-0.2, -0.15) is 0 Å². The Hall–Kier alpha value is -1.62. The fraction of sp³-hybridized carbons (Fsp3) is 0.417. The first-order valence-electron chi connectivity index (χ1n) is 5.58. The van der Waals surface area contributed by atoms with Gasteiger partial charge < -0.3 is 15.7 Å². The molecule has 4 nitrogen and oxygen atoms in total. The van der Waals surface area contributed by atoms with E-state index in [2.05, 4.69) is 0 Å². The predicted molar refractivity (Wildman–Crippen MR) is 63.3 cm³/mol. The number of benzene rings is 1. The third-order valence-corrected chi connectivity index (χ3v) is 2.37. The molecule has 0 saturated heterocycles. The Labute approximate surface area is 99.8 Å². The van der Waals surface area contributed by atoms with Crippen molar-refractivity contribution in [3.63, 3.8) is 0 Å². The molecule has 0 heterocycles. The van der Waals surface area contributed by atoms with Crippen LogP contribution in [0.5, 0.6) is 5.75 Å². The maximum absolute atomic E-state index is 12.8. The fourth-order valence-corrected chi connectivity index (χ4v) is 1.60. The zero-order chi connectivity index (χ0) is 12.8. The number of hydrogen-bond acceptors (Lipinski definition) is 3. The van der Waals surface area contributed by atoms with Gasteiger partial charge in [0.05, 0.1) is 5.56 Å². The predicted octanol–water partition coefficient (Wildman–Crippen LogP) is 1.34. The number of nitrogens with two attached hydrogens (primary N) is 1. The quantitative estimate of drug-likeness (QED) is 0.816. The molecule has 0 aliphatic heterocycles. The molecule has 0 fully saturated rings. The average Bonchev–Trinajstić information content (AvgIpc) is 2.28. The highest BCUT2D eigenvalue weighted by Gasteiger charge is 2.17. The van der Waals surface area contributed by atoms with Crippen LogP contribution in [0.25, 0.3) is 0 Å². The summed E-state index contributed by atoms with van der Waals surface area (Å²) in [5.41, 5.74) is 5.53. The van der Waals surface area contributed by atoms with Gasteiger partial charge in [-0.15, -0.1) is 0 Å². The lowest BCUT2D eigenvalue weighted by Crippen LogP contribution is -2.36. The molecule has 1 aromatic carbocycles. The van der Waals surface area contributed by atoms with Gasteiger partial charge in [0.2, 0.25) is 0 Å². The topological polar surface area (TPSA) is 66.6 Å². The molecule has 0 aliphatic rings. The number of aromatic hydroxyl groups is 1. The van der Waals surface area contributed by atoms with Gasteiger partial charge in [0.25, 0.3) is 5.91 Å². The van der Waals surface area contributed by atoms with E-state index in [1.54, 1.807) is 4.90 Å². The molecular weight excluding hydrogens is 223 g/mol. The number of rotatable bonds is 5. The SMILES string of the molecule is CCCN(CCN)C(=O)c1ccc(F)cc1O. The Balaban J connectivity index is 2.92. The molecule has 0 aliphatic carbocycles. The van der Waals surface area contributed by atoms with E-state index >= 15 is 0 Å². The van der Waals surface area contributed by atoms with E-state index in [0.717, 1.165) is 18.6 Å². The zero-order valence-corrected chi connectivity index (χ0v) is 9.82. The summed E-state index contributed by atoms with van der Waals surface area (Å²) in [5.74, 6) is -1.23. The lowest BCUT2D eigenvalue weighted by molar-refractivity contribution is 0.0757. The van der Waals surface area contributed by atoms with E-state index in [0.29, 0.717) is 19.6 Å². The molecule has 1 amide bonds. The number of halogens is 1. The van der Waals surface area contributed by atoms with E-state index in [9.17, 15) is 14.3 Å².